The predicted molar refractivity (Wildman–Crippen MR) is 109 cm³/mol. The molecule has 0 rings (SSSR count). The summed E-state index contributed by atoms with van der Waals surface area (Å²) in [4.78, 5) is 70.5. The van der Waals surface area contributed by atoms with Gasteiger partial charge in [-0.2, -0.15) is 0 Å². The van der Waals surface area contributed by atoms with Crippen molar-refractivity contribution >= 4 is 35.6 Å². The molecule has 14 nitrogen and oxygen atoms in total. The van der Waals surface area contributed by atoms with E-state index in [0.29, 0.717) is 6.42 Å². The van der Waals surface area contributed by atoms with Crippen molar-refractivity contribution in [3.05, 3.63) is 0 Å². The zero-order valence-corrected chi connectivity index (χ0v) is 18.0. The number of carbonyl (C=O) groups excluding carboxylic acids is 4. The molecule has 32 heavy (non-hydrogen) atoms. The maximum Gasteiger partial charge on any atom is 0.326 e. The molecule has 0 aliphatic carbocycles. The van der Waals surface area contributed by atoms with E-state index in [9.17, 15) is 33.9 Å². The zero-order chi connectivity index (χ0) is 25.2. The van der Waals surface area contributed by atoms with Gasteiger partial charge < -0.3 is 42.7 Å². The SMILES string of the molecule is CCC(C)C(N)C(=O)NC(C(=O)NC(CC(=O)O)C(=O)NC(CC(N)=O)C(=O)O)C(C)O. The van der Waals surface area contributed by atoms with E-state index in [2.05, 4.69) is 10.6 Å². The third kappa shape index (κ3) is 9.70. The number of rotatable bonds is 14. The summed E-state index contributed by atoms with van der Waals surface area (Å²) in [5.74, 6) is -7.46. The largest absolute Gasteiger partial charge is 0.481 e. The molecule has 0 bridgehead atoms. The lowest BCUT2D eigenvalue weighted by molar-refractivity contribution is -0.145. The molecular formula is C18H31N5O9. The van der Waals surface area contributed by atoms with Crippen LogP contribution < -0.4 is 27.4 Å². The molecule has 0 saturated heterocycles. The fourth-order valence-corrected chi connectivity index (χ4v) is 2.49. The van der Waals surface area contributed by atoms with Gasteiger partial charge in [-0.1, -0.05) is 20.3 Å². The summed E-state index contributed by atoms with van der Waals surface area (Å²) >= 11 is 0. The Morgan fingerprint density at radius 1 is 0.844 bits per heavy atom. The van der Waals surface area contributed by atoms with E-state index >= 15 is 0 Å². The highest BCUT2D eigenvalue weighted by molar-refractivity contribution is 5.96. The van der Waals surface area contributed by atoms with Crippen molar-refractivity contribution in [3.63, 3.8) is 0 Å². The predicted octanol–water partition coefficient (Wildman–Crippen LogP) is -3.37. The maximum atomic E-state index is 12.6. The molecule has 10 N–H and O–H groups in total. The first-order chi connectivity index (χ1) is 14.7. The summed E-state index contributed by atoms with van der Waals surface area (Å²) in [5.41, 5.74) is 10.7. The van der Waals surface area contributed by atoms with Gasteiger partial charge in [0.1, 0.15) is 18.1 Å². The quantitative estimate of drug-likeness (QED) is 0.127. The molecule has 6 unspecified atom stereocenters. The maximum absolute atomic E-state index is 12.6. The van der Waals surface area contributed by atoms with E-state index in [1.54, 1.807) is 13.8 Å². The summed E-state index contributed by atoms with van der Waals surface area (Å²) in [5, 5.41) is 34.2. The van der Waals surface area contributed by atoms with Gasteiger partial charge in [-0.15, -0.1) is 0 Å². The number of primary amides is 1. The molecule has 0 aliphatic rings. The topological polar surface area (TPSA) is 251 Å². The number of hydrogen-bond acceptors (Lipinski definition) is 8. The molecule has 14 heteroatoms. The van der Waals surface area contributed by atoms with E-state index in [0.717, 1.165) is 0 Å². The van der Waals surface area contributed by atoms with Crippen LogP contribution >= 0.6 is 0 Å². The third-order valence-electron chi connectivity index (χ3n) is 4.65. The highest BCUT2D eigenvalue weighted by Gasteiger charge is 2.34. The summed E-state index contributed by atoms with van der Waals surface area (Å²) in [7, 11) is 0. The summed E-state index contributed by atoms with van der Waals surface area (Å²) in [6, 6.07) is -6.11. The van der Waals surface area contributed by atoms with Crippen LogP contribution in [0.2, 0.25) is 0 Å². The van der Waals surface area contributed by atoms with Crippen LogP contribution in [0.1, 0.15) is 40.0 Å². The smallest absolute Gasteiger partial charge is 0.326 e. The molecule has 0 fully saturated rings. The lowest BCUT2D eigenvalue weighted by Crippen LogP contribution is -2.60. The Balaban J connectivity index is 5.51. The van der Waals surface area contributed by atoms with Crippen molar-refractivity contribution in [2.45, 2.75) is 70.3 Å². The van der Waals surface area contributed by atoms with Gasteiger partial charge >= 0.3 is 11.9 Å². The van der Waals surface area contributed by atoms with Gasteiger partial charge in [-0.25, -0.2) is 4.79 Å². The Morgan fingerprint density at radius 3 is 1.78 bits per heavy atom. The number of amides is 4. The first-order valence-corrected chi connectivity index (χ1v) is 9.78. The molecule has 6 atom stereocenters. The molecule has 0 aliphatic heterocycles. The Hall–Kier alpha value is -3.26. The van der Waals surface area contributed by atoms with E-state index in [1.165, 1.54) is 6.92 Å². The summed E-state index contributed by atoms with van der Waals surface area (Å²) in [6.45, 7) is 4.69. The molecule has 182 valence electrons. The van der Waals surface area contributed by atoms with Gasteiger partial charge in [0.2, 0.25) is 23.6 Å². The number of nitrogens with one attached hydrogen (secondary N) is 3. The number of aliphatic hydroxyl groups is 1. The average Bonchev–Trinajstić information content (AvgIpc) is 2.68. The van der Waals surface area contributed by atoms with Crippen molar-refractivity contribution in [1.82, 2.24) is 16.0 Å². The van der Waals surface area contributed by atoms with E-state index in [1.807, 2.05) is 5.32 Å². The van der Waals surface area contributed by atoms with Crippen molar-refractivity contribution < 1.29 is 44.1 Å². The second-order valence-electron chi connectivity index (χ2n) is 7.37. The Morgan fingerprint density at radius 2 is 1.38 bits per heavy atom. The Kier molecular flexibility index (Phi) is 11.9. The van der Waals surface area contributed by atoms with Crippen molar-refractivity contribution in [2.24, 2.45) is 17.4 Å². The number of carboxylic acids is 2. The number of aliphatic hydroxyl groups excluding tert-OH is 1. The number of nitrogens with two attached hydrogens (primary N) is 2. The van der Waals surface area contributed by atoms with Crippen LogP contribution in [-0.2, 0) is 28.8 Å². The van der Waals surface area contributed by atoms with Crippen molar-refractivity contribution in [2.75, 3.05) is 0 Å². The number of hydrogen-bond donors (Lipinski definition) is 8. The van der Waals surface area contributed by atoms with Crippen LogP contribution in [0.25, 0.3) is 0 Å². The van der Waals surface area contributed by atoms with Crippen LogP contribution in [-0.4, -0.2) is 81.2 Å². The molecule has 4 amide bonds. The van der Waals surface area contributed by atoms with Crippen LogP contribution in [0, 0.1) is 5.92 Å². The van der Waals surface area contributed by atoms with Crippen LogP contribution in [0.15, 0.2) is 0 Å². The standard InChI is InChI=1S/C18H31N5O9/c1-4-7(2)13(20)16(29)23-14(8(3)24)17(30)21-9(6-12(26)27)15(28)22-10(18(31)32)5-11(19)25/h7-10,13-14,24H,4-6,20H2,1-3H3,(H2,19,25)(H,21,30)(H,22,28)(H,23,29)(H,26,27)(H,31,32). The second kappa shape index (κ2) is 13.2. The van der Waals surface area contributed by atoms with Crippen molar-refractivity contribution in [3.8, 4) is 0 Å². The molecular weight excluding hydrogens is 430 g/mol. The van der Waals surface area contributed by atoms with E-state index in [4.69, 9.17) is 21.7 Å². The van der Waals surface area contributed by atoms with Gasteiger partial charge in [-0.05, 0) is 12.8 Å². The molecule has 0 saturated carbocycles. The minimum Gasteiger partial charge on any atom is -0.481 e. The monoisotopic (exact) mass is 461 g/mol. The fraction of sp³-hybridized carbons (Fsp3) is 0.667. The van der Waals surface area contributed by atoms with Crippen LogP contribution in [0.5, 0.6) is 0 Å². The fourth-order valence-electron chi connectivity index (χ4n) is 2.49. The lowest BCUT2D eigenvalue weighted by Gasteiger charge is -2.26. The first kappa shape index (κ1) is 28.7. The number of aliphatic carboxylic acids is 2. The average molecular weight is 461 g/mol. The van der Waals surface area contributed by atoms with Crippen LogP contribution in [0.4, 0.5) is 0 Å². The molecule has 0 aromatic rings. The number of carbonyl (C=O) groups is 6. The first-order valence-electron chi connectivity index (χ1n) is 9.78. The van der Waals surface area contributed by atoms with Crippen molar-refractivity contribution in [1.29, 1.82) is 0 Å². The minimum atomic E-state index is -1.78. The Labute approximate surface area is 184 Å². The molecule has 0 heterocycles. The third-order valence-corrected chi connectivity index (χ3v) is 4.65. The molecule has 0 aromatic heterocycles. The Bertz CT molecular complexity index is 728. The van der Waals surface area contributed by atoms with Crippen LogP contribution in [0.3, 0.4) is 0 Å². The van der Waals surface area contributed by atoms with Gasteiger partial charge in [-0.3, -0.25) is 24.0 Å². The second-order valence-corrected chi connectivity index (χ2v) is 7.37. The molecule has 0 radical (unpaired) electrons. The number of carboxylic acid groups (broad SMARTS) is 2. The lowest BCUT2D eigenvalue weighted by atomic mass is 9.98. The van der Waals surface area contributed by atoms with E-state index < -0.39 is 78.7 Å². The van der Waals surface area contributed by atoms with Gasteiger partial charge in [0, 0.05) is 0 Å². The highest BCUT2D eigenvalue weighted by Crippen LogP contribution is 2.07. The van der Waals surface area contributed by atoms with Gasteiger partial charge in [0.25, 0.3) is 0 Å². The molecule has 0 spiro atoms. The molecule has 0 aromatic carbocycles. The highest BCUT2D eigenvalue weighted by atomic mass is 16.4. The minimum absolute atomic E-state index is 0.239. The van der Waals surface area contributed by atoms with E-state index in [-0.39, 0.29) is 5.92 Å². The van der Waals surface area contributed by atoms with Gasteiger partial charge in [0.15, 0.2) is 0 Å². The zero-order valence-electron chi connectivity index (χ0n) is 18.0. The summed E-state index contributed by atoms with van der Waals surface area (Å²) in [6.07, 6.45) is -2.60. The summed E-state index contributed by atoms with van der Waals surface area (Å²) < 4.78 is 0. The van der Waals surface area contributed by atoms with Gasteiger partial charge in [0.05, 0.1) is 25.0 Å². The normalized spacial score (nSPS) is 16.4.